The number of hydrogen-bond acceptors (Lipinski definition) is 16. The predicted octanol–water partition coefficient (Wildman–Crippen LogP) is 5.58. The summed E-state index contributed by atoms with van der Waals surface area (Å²) in [7, 11) is 3.54. The number of fused-ring (bicyclic) bond motifs is 2. The largest absolute Gasteiger partial charge is 0.507 e. The van der Waals surface area contributed by atoms with Gasteiger partial charge in [0.2, 0.25) is 5.43 Å². The van der Waals surface area contributed by atoms with Crippen molar-refractivity contribution in [2.75, 3.05) is 58.8 Å². The summed E-state index contributed by atoms with van der Waals surface area (Å²) >= 11 is 0. The van der Waals surface area contributed by atoms with Crippen molar-refractivity contribution in [2.24, 2.45) is 23.7 Å². The number of hydrogen-bond donors (Lipinski definition) is 4. The first-order valence-electron chi connectivity index (χ1n) is 22.7. The number of likely N-dealkylation sites (N-methyl/N-ethyl adjacent to an activating group) is 1. The lowest BCUT2D eigenvalue weighted by Gasteiger charge is -2.38. The molecule has 1 saturated heterocycles. The standard InChI is InChI=1S/C50H62N4O13/c1-25-12-11-13-26(2)49(61)52-40-44(59)37-36(39-47(40)66-35-24-32(14-15-33(35)51-39)63-23-21-54-19-17-53(9)18-20-54)38-46(30(6)43(37)58)67-50(8,48(38)60)64-22-16-34(62-10)27(3)45(65-31(7)55)29(5)42(57)28(4)41(25)56/h11-16,22,24-25,27-29,34,41-42,45,56-58H,17-21,23H2,1-10H3,(H,52,61)/b12-11+,22-16+,26-13-/t25-,27+,28+,29+,34-,41-,42+,45+,50-/m0/s1. The number of carbonyl (C=O) groups excluding carboxylic acids is 3. The number of phenols is 1. The number of carbonyl (C=O) groups is 3. The van der Waals surface area contributed by atoms with Gasteiger partial charge in [-0.2, -0.15) is 0 Å². The molecule has 1 aliphatic carbocycles. The minimum Gasteiger partial charge on any atom is -0.507 e. The summed E-state index contributed by atoms with van der Waals surface area (Å²) in [6.07, 6.45) is 3.62. The maximum atomic E-state index is 14.8. The van der Waals surface area contributed by atoms with Gasteiger partial charge in [0.05, 0.1) is 35.5 Å². The van der Waals surface area contributed by atoms with E-state index in [4.69, 9.17) is 33.1 Å². The lowest BCUT2D eigenvalue weighted by Crippen LogP contribution is -2.46. The number of aromatic hydroxyl groups is 1. The summed E-state index contributed by atoms with van der Waals surface area (Å²) in [6.45, 7) is 17.6. The molecule has 67 heavy (non-hydrogen) atoms. The van der Waals surface area contributed by atoms with Gasteiger partial charge in [-0.05, 0) is 39.1 Å². The Hall–Kier alpha value is -5.85. The van der Waals surface area contributed by atoms with E-state index in [0.29, 0.717) is 17.9 Å². The fraction of sp³-hybridized carbons (Fsp3) is 0.500. The van der Waals surface area contributed by atoms with Crippen molar-refractivity contribution in [3.05, 3.63) is 75.7 Å². The quantitative estimate of drug-likeness (QED) is 0.105. The number of aromatic nitrogens is 1. The summed E-state index contributed by atoms with van der Waals surface area (Å²) in [4.78, 5) is 65.5. The summed E-state index contributed by atoms with van der Waals surface area (Å²) in [6, 6.07) is 5.06. The van der Waals surface area contributed by atoms with Crippen LogP contribution < -0.4 is 20.2 Å². The van der Waals surface area contributed by atoms with Gasteiger partial charge in [0.15, 0.2) is 11.3 Å². The van der Waals surface area contributed by atoms with E-state index < -0.39 is 82.7 Å². The number of amides is 1. The molecule has 4 heterocycles. The topological polar surface area (TPSA) is 220 Å². The first kappa shape index (κ1) is 49.1. The van der Waals surface area contributed by atoms with Crippen molar-refractivity contribution in [1.29, 1.82) is 0 Å². The third-order valence-electron chi connectivity index (χ3n) is 13.6. The number of rotatable bonds is 6. The van der Waals surface area contributed by atoms with E-state index in [1.165, 1.54) is 53.2 Å². The summed E-state index contributed by atoms with van der Waals surface area (Å²) in [5.74, 6) is -6.76. The van der Waals surface area contributed by atoms with Crippen LogP contribution in [0.15, 0.2) is 63.6 Å². The monoisotopic (exact) mass is 926 g/mol. The van der Waals surface area contributed by atoms with Crippen molar-refractivity contribution in [3.8, 4) is 28.7 Å². The molecular weight excluding hydrogens is 865 g/mol. The molecule has 0 unspecified atom stereocenters. The number of anilines is 1. The number of aliphatic hydroxyl groups is 2. The van der Waals surface area contributed by atoms with E-state index in [9.17, 15) is 34.5 Å². The van der Waals surface area contributed by atoms with Crippen molar-refractivity contribution in [2.45, 2.75) is 85.6 Å². The van der Waals surface area contributed by atoms with Crippen LogP contribution in [0.5, 0.6) is 17.2 Å². The van der Waals surface area contributed by atoms with Gasteiger partial charge in [0.1, 0.15) is 46.9 Å². The van der Waals surface area contributed by atoms with Crippen molar-refractivity contribution < 1.29 is 57.8 Å². The van der Waals surface area contributed by atoms with Crippen molar-refractivity contribution in [1.82, 2.24) is 14.8 Å². The number of nitrogens with one attached hydrogen (secondary N) is 1. The summed E-state index contributed by atoms with van der Waals surface area (Å²) in [5, 5.41) is 37.2. The summed E-state index contributed by atoms with van der Waals surface area (Å²) < 4.78 is 36.6. The Bertz CT molecular complexity index is 2670. The number of allylic oxidation sites excluding steroid dienone is 2. The Morgan fingerprint density at radius 1 is 0.985 bits per heavy atom. The van der Waals surface area contributed by atoms with Crippen LogP contribution in [0.25, 0.3) is 33.3 Å². The molecule has 17 heteroatoms. The average Bonchev–Trinajstić information content (AvgIpc) is 3.57. The Kier molecular flexibility index (Phi) is 14.5. The van der Waals surface area contributed by atoms with Gasteiger partial charge in [0, 0.05) is 99.9 Å². The molecule has 1 fully saturated rings. The zero-order valence-corrected chi connectivity index (χ0v) is 39.7. The SMILES string of the molecule is CO[C@H]1/C=C/O[C@@]2(C)Oc3c(C)c(O)c4c(=O)c(c5oc6cc(OCCN7CCN(C)CC7)ccc6nc-5c4c3C2=O)NC(=O)/C(C)=C\C=C\[C@H](C)[C@H](O)[C@@H](C)[C@@H](O)[C@@H](C)[C@H](OC(C)=O)[C@@H]1C. The van der Waals surface area contributed by atoms with Crippen LogP contribution in [0, 0.1) is 30.6 Å². The minimum atomic E-state index is -2.04. The molecule has 2 aromatic rings. The normalized spacial score (nSPS) is 29.9. The van der Waals surface area contributed by atoms with Gasteiger partial charge in [-0.3, -0.25) is 24.1 Å². The molecule has 1 amide bonds. The highest BCUT2D eigenvalue weighted by molar-refractivity contribution is 6.22. The zero-order chi connectivity index (χ0) is 48.6. The fourth-order valence-electron chi connectivity index (χ4n) is 9.24. The van der Waals surface area contributed by atoms with E-state index in [1.54, 1.807) is 58.0 Å². The number of ketones is 1. The molecule has 2 aromatic carbocycles. The van der Waals surface area contributed by atoms with E-state index in [2.05, 4.69) is 22.2 Å². The molecule has 17 nitrogen and oxygen atoms in total. The predicted molar refractivity (Wildman–Crippen MR) is 250 cm³/mol. The number of phenolic OH excluding ortho intramolecular Hbond substituents is 1. The number of nitrogens with zero attached hydrogens (tertiary/aromatic N) is 3. The Balaban J connectivity index is 1.37. The van der Waals surface area contributed by atoms with Crippen molar-refractivity contribution in [3.63, 3.8) is 0 Å². The zero-order valence-electron chi connectivity index (χ0n) is 39.7. The molecule has 4 aliphatic heterocycles. The van der Waals surface area contributed by atoms with Gasteiger partial charge < -0.3 is 53.6 Å². The second-order valence-corrected chi connectivity index (χ2v) is 18.4. The van der Waals surface area contributed by atoms with Crippen LogP contribution in [0.2, 0.25) is 0 Å². The Morgan fingerprint density at radius 2 is 1.70 bits per heavy atom. The lowest BCUT2D eigenvalue weighted by atomic mass is 9.78. The highest BCUT2D eigenvalue weighted by atomic mass is 16.7. The van der Waals surface area contributed by atoms with Gasteiger partial charge in [-0.1, -0.05) is 45.9 Å². The van der Waals surface area contributed by atoms with E-state index in [1.807, 2.05) is 0 Å². The molecule has 7 rings (SSSR count). The third kappa shape index (κ3) is 9.65. The van der Waals surface area contributed by atoms with Crippen LogP contribution in [0.1, 0.15) is 64.4 Å². The first-order valence-corrected chi connectivity index (χ1v) is 22.7. The smallest absolute Gasteiger partial charge is 0.312 e. The van der Waals surface area contributed by atoms with E-state index in [0.717, 1.165) is 32.7 Å². The molecule has 0 aromatic heterocycles. The maximum Gasteiger partial charge on any atom is 0.312 e. The minimum absolute atomic E-state index is 0.0153. The molecule has 9 atom stereocenters. The first-order chi connectivity index (χ1) is 31.8. The molecule has 0 radical (unpaired) electrons. The lowest BCUT2D eigenvalue weighted by molar-refractivity contribution is -0.160. The number of Topliss-reactive ketones (excluding diaryl/α,β-unsaturated/α-hetero) is 1. The number of ether oxygens (including phenoxy) is 5. The molecule has 4 bridgehead atoms. The maximum absolute atomic E-state index is 14.8. The number of benzene rings is 3. The van der Waals surface area contributed by atoms with Crippen LogP contribution >= 0.6 is 0 Å². The molecule has 5 aliphatic rings. The summed E-state index contributed by atoms with van der Waals surface area (Å²) in [5.41, 5.74) is -0.514. The highest BCUT2D eigenvalue weighted by Gasteiger charge is 2.50. The van der Waals surface area contributed by atoms with Crippen LogP contribution in [-0.2, 0) is 23.8 Å². The van der Waals surface area contributed by atoms with Gasteiger partial charge in [-0.25, -0.2) is 4.98 Å². The molecule has 0 spiro atoms. The molecular formula is C50H62N4O13. The van der Waals surface area contributed by atoms with Crippen LogP contribution in [-0.4, -0.2) is 131 Å². The van der Waals surface area contributed by atoms with E-state index in [-0.39, 0.29) is 55.9 Å². The Labute approximate surface area is 389 Å². The van der Waals surface area contributed by atoms with Gasteiger partial charge >= 0.3 is 11.8 Å². The molecule has 4 N–H and O–H groups in total. The van der Waals surface area contributed by atoms with Crippen LogP contribution in [0.4, 0.5) is 5.69 Å². The van der Waals surface area contributed by atoms with Crippen LogP contribution in [0.3, 0.4) is 0 Å². The fourth-order valence-corrected chi connectivity index (χ4v) is 9.24. The molecule has 0 saturated carbocycles. The number of aliphatic hydroxyl groups excluding tert-OH is 2. The molecule has 360 valence electrons. The number of piperazine rings is 1. The Morgan fingerprint density at radius 3 is 2.39 bits per heavy atom. The highest BCUT2D eigenvalue weighted by Crippen LogP contribution is 2.50. The third-order valence-corrected chi connectivity index (χ3v) is 13.6. The number of methoxy groups -OCH3 is 1. The second-order valence-electron chi connectivity index (χ2n) is 18.4. The number of esters is 1. The second kappa shape index (κ2) is 19.8. The van der Waals surface area contributed by atoms with E-state index >= 15 is 0 Å². The average molecular weight is 927 g/mol. The van der Waals surface area contributed by atoms with Crippen molar-refractivity contribution >= 4 is 45.2 Å². The van der Waals surface area contributed by atoms with Gasteiger partial charge in [0.25, 0.3) is 11.7 Å². The van der Waals surface area contributed by atoms with Gasteiger partial charge in [-0.15, -0.1) is 0 Å².